The topological polar surface area (TPSA) is 67.6 Å². The van der Waals surface area contributed by atoms with Crippen LogP contribution in [0, 0.1) is 0 Å². The number of ether oxygens (including phenoxy) is 1. The number of carbonyl (C=O) groups is 1. The van der Waals surface area contributed by atoms with Gasteiger partial charge in [0.15, 0.2) is 0 Å². The molecule has 118 valence electrons. The monoisotopic (exact) mass is 285 g/mol. The molecule has 1 aliphatic rings. The van der Waals surface area contributed by atoms with Gasteiger partial charge in [0.1, 0.15) is 0 Å². The minimum Gasteiger partial charge on any atom is -0.385 e. The molecule has 0 aromatic carbocycles. The van der Waals surface area contributed by atoms with E-state index in [1.54, 1.807) is 7.11 Å². The van der Waals surface area contributed by atoms with Crippen LogP contribution >= 0.6 is 0 Å². The average molecular weight is 285 g/mol. The molecule has 0 aromatic rings. The molecule has 1 unspecified atom stereocenters. The summed E-state index contributed by atoms with van der Waals surface area (Å²) >= 11 is 0. The van der Waals surface area contributed by atoms with Crippen LogP contribution < -0.4 is 11.1 Å². The summed E-state index contributed by atoms with van der Waals surface area (Å²) in [6, 6.07) is 0.782. The Labute approximate surface area is 123 Å². The molecule has 0 bridgehead atoms. The normalized spacial score (nSPS) is 24.6. The summed E-state index contributed by atoms with van der Waals surface area (Å²) in [7, 11) is 1.68. The molecule has 3 N–H and O–H groups in total. The molecular formula is C15H31N3O2. The van der Waals surface area contributed by atoms with Gasteiger partial charge in [0.25, 0.3) is 0 Å². The summed E-state index contributed by atoms with van der Waals surface area (Å²) in [5.41, 5.74) is 5.96. The predicted molar refractivity (Wildman–Crippen MR) is 81.6 cm³/mol. The SMILES string of the molecule is CCN(C1CCC(N)CC1)C(C)C(=O)NCCCOC. The summed E-state index contributed by atoms with van der Waals surface area (Å²) in [5, 5.41) is 2.99. The van der Waals surface area contributed by atoms with Crippen molar-refractivity contribution >= 4 is 5.91 Å². The molecule has 5 nitrogen and oxygen atoms in total. The van der Waals surface area contributed by atoms with Gasteiger partial charge in [0.2, 0.25) is 5.91 Å². The number of carbonyl (C=O) groups excluding carboxylic acids is 1. The number of nitrogens with one attached hydrogen (secondary N) is 1. The van der Waals surface area contributed by atoms with Gasteiger partial charge < -0.3 is 15.8 Å². The van der Waals surface area contributed by atoms with E-state index in [0.717, 1.165) is 38.6 Å². The van der Waals surface area contributed by atoms with Crippen molar-refractivity contribution in [2.24, 2.45) is 5.73 Å². The molecule has 1 rings (SSSR count). The van der Waals surface area contributed by atoms with Crippen molar-refractivity contribution in [2.45, 2.75) is 64.1 Å². The molecule has 20 heavy (non-hydrogen) atoms. The van der Waals surface area contributed by atoms with E-state index in [1.165, 1.54) is 0 Å². The second-order valence-corrected chi connectivity index (χ2v) is 5.71. The minimum atomic E-state index is -0.0677. The van der Waals surface area contributed by atoms with Crippen LogP contribution in [0.1, 0.15) is 46.0 Å². The van der Waals surface area contributed by atoms with E-state index >= 15 is 0 Å². The summed E-state index contributed by atoms with van der Waals surface area (Å²) in [6.45, 7) is 6.41. The lowest BCUT2D eigenvalue weighted by Gasteiger charge is -2.38. The first-order valence-corrected chi connectivity index (χ1v) is 7.88. The first-order valence-electron chi connectivity index (χ1n) is 7.88. The maximum atomic E-state index is 12.2. The summed E-state index contributed by atoms with van der Waals surface area (Å²) in [5.74, 6) is 0.123. The molecule has 1 amide bonds. The third kappa shape index (κ3) is 5.38. The van der Waals surface area contributed by atoms with Gasteiger partial charge in [-0.05, 0) is 45.6 Å². The highest BCUT2D eigenvalue weighted by molar-refractivity contribution is 5.81. The third-order valence-electron chi connectivity index (χ3n) is 4.28. The molecular weight excluding hydrogens is 254 g/mol. The maximum Gasteiger partial charge on any atom is 0.237 e. The third-order valence-corrected chi connectivity index (χ3v) is 4.28. The Bertz CT molecular complexity index is 278. The van der Waals surface area contributed by atoms with Crippen LogP contribution in [0.2, 0.25) is 0 Å². The van der Waals surface area contributed by atoms with Crippen LogP contribution in [0.25, 0.3) is 0 Å². The molecule has 0 saturated heterocycles. The fourth-order valence-corrected chi connectivity index (χ4v) is 3.01. The zero-order valence-electron chi connectivity index (χ0n) is 13.2. The largest absolute Gasteiger partial charge is 0.385 e. The number of methoxy groups -OCH3 is 1. The molecule has 1 aliphatic carbocycles. The Morgan fingerprint density at radius 2 is 2.05 bits per heavy atom. The molecule has 0 aliphatic heterocycles. The van der Waals surface area contributed by atoms with Crippen LogP contribution in [0.15, 0.2) is 0 Å². The lowest BCUT2D eigenvalue weighted by molar-refractivity contribution is -0.127. The van der Waals surface area contributed by atoms with Crippen LogP contribution in [-0.2, 0) is 9.53 Å². The highest BCUT2D eigenvalue weighted by atomic mass is 16.5. The number of nitrogens with two attached hydrogens (primary N) is 1. The average Bonchev–Trinajstić information content (AvgIpc) is 2.46. The van der Waals surface area contributed by atoms with Crippen LogP contribution in [0.3, 0.4) is 0 Å². The number of hydrogen-bond acceptors (Lipinski definition) is 4. The van der Waals surface area contributed by atoms with Gasteiger partial charge in [0.05, 0.1) is 6.04 Å². The molecule has 0 heterocycles. The van der Waals surface area contributed by atoms with Crippen molar-refractivity contribution in [2.75, 3.05) is 26.8 Å². The van der Waals surface area contributed by atoms with Crippen molar-refractivity contribution < 1.29 is 9.53 Å². The van der Waals surface area contributed by atoms with Crippen molar-refractivity contribution in [3.8, 4) is 0 Å². The van der Waals surface area contributed by atoms with Gasteiger partial charge in [-0.3, -0.25) is 9.69 Å². The van der Waals surface area contributed by atoms with Crippen molar-refractivity contribution in [1.82, 2.24) is 10.2 Å². The predicted octanol–water partition coefficient (Wildman–Crippen LogP) is 1.12. The number of rotatable bonds is 8. The Kier molecular flexibility index (Phi) is 8.11. The quantitative estimate of drug-likeness (QED) is 0.656. The first kappa shape index (κ1) is 17.4. The van der Waals surface area contributed by atoms with Crippen LogP contribution in [0.4, 0.5) is 0 Å². The van der Waals surface area contributed by atoms with E-state index in [9.17, 15) is 4.79 Å². The summed E-state index contributed by atoms with van der Waals surface area (Å²) in [6.07, 6.45) is 5.22. The van der Waals surface area contributed by atoms with Gasteiger partial charge in [0, 0.05) is 32.3 Å². The highest BCUT2D eigenvalue weighted by Gasteiger charge is 2.29. The van der Waals surface area contributed by atoms with E-state index < -0.39 is 0 Å². The second kappa shape index (κ2) is 9.32. The van der Waals surface area contributed by atoms with Crippen LogP contribution in [-0.4, -0.2) is 55.7 Å². The molecule has 0 aromatic heterocycles. The summed E-state index contributed by atoms with van der Waals surface area (Å²) < 4.78 is 4.98. The fourth-order valence-electron chi connectivity index (χ4n) is 3.01. The second-order valence-electron chi connectivity index (χ2n) is 5.71. The fraction of sp³-hybridized carbons (Fsp3) is 0.933. The highest BCUT2D eigenvalue weighted by Crippen LogP contribution is 2.23. The Morgan fingerprint density at radius 1 is 1.40 bits per heavy atom. The number of amides is 1. The van der Waals surface area contributed by atoms with Gasteiger partial charge in [-0.15, -0.1) is 0 Å². The molecule has 1 atom stereocenters. The minimum absolute atomic E-state index is 0.0677. The molecule has 0 spiro atoms. The molecule has 1 saturated carbocycles. The number of likely N-dealkylation sites (N-methyl/N-ethyl adjacent to an activating group) is 1. The van der Waals surface area contributed by atoms with Gasteiger partial charge in [-0.25, -0.2) is 0 Å². The zero-order chi connectivity index (χ0) is 15.0. The van der Waals surface area contributed by atoms with E-state index in [0.29, 0.717) is 25.2 Å². The van der Waals surface area contributed by atoms with Crippen LogP contribution in [0.5, 0.6) is 0 Å². The van der Waals surface area contributed by atoms with Gasteiger partial charge in [-0.1, -0.05) is 6.92 Å². The van der Waals surface area contributed by atoms with Gasteiger partial charge >= 0.3 is 0 Å². The Morgan fingerprint density at radius 3 is 2.60 bits per heavy atom. The van der Waals surface area contributed by atoms with E-state index in [2.05, 4.69) is 17.1 Å². The lowest BCUT2D eigenvalue weighted by Crippen LogP contribution is -2.51. The van der Waals surface area contributed by atoms with Crippen molar-refractivity contribution in [1.29, 1.82) is 0 Å². The first-order chi connectivity index (χ1) is 9.60. The lowest BCUT2D eigenvalue weighted by atomic mass is 9.90. The van der Waals surface area contributed by atoms with E-state index in [4.69, 9.17) is 10.5 Å². The smallest absolute Gasteiger partial charge is 0.237 e. The maximum absolute atomic E-state index is 12.2. The zero-order valence-corrected chi connectivity index (χ0v) is 13.2. The van der Waals surface area contributed by atoms with Crippen molar-refractivity contribution in [3.05, 3.63) is 0 Å². The van der Waals surface area contributed by atoms with Gasteiger partial charge in [-0.2, -0.15) is 0 Å². The standard InChI is InChI=1S/C15H31N3O2/c1-4-18(14-8-6-13(16)7-9-14)12(2)15(19)17-10-5-11-20-3/h12-14H,4-11,16H2,1-3H3,(H,17,19). The van der Waals surface area contributed by atoms with Crippen molar-refractivity contribution in [3.63, 3.8) is 0 Å². The molecule has 5 heteroatoms. The summed E-state index contributed by atoms with van der Waals surface area (Å²) in [4.78, 5) is 14.5. The molecule has 1 fully saturated rings. The molecule has 0 radical (unpaired) electrons. The van der Waals surface area contributed by atoms with E-state index in [1.807, 2.05) is 6.92 Å². The van der Waals surface area contributed by atoms with E-state index in [-0.39, 0.29) is 11.9 Å². The Hall–Kier alpha value is -0.650. The Balaban J connectivity index is 2.40. The number of nitrogens with zero attached hydrogens (tertiary/aromatic N) is 1. The number of hydrogen-bond donors (Lipinski definition) is 2.